The molecule has 4 N–H and O–H groups in total. The molecule has 8 nitrogen and oxygen atoms in total. The van der Waals surface area contributed by atoms with Crippen molar-refractivity contribution in [2.24, 2.45) is 4.99 Å². The van der Waals surface area contributed by atoms with Gasteiger partial charge in [-0.25, -0.2) is 0 Å². The molecule has 0 aliphatic carbocycles. The van der Waals surface area contributed by atoms with Crippen LogP contribution in [0.4, 0.5) is 11.4 Å². The molecule has 0 spiro atoms. The molecular formula is C23H28N6O2. The van der Waals surface area contributed by atoms with Gasteiger partial charge in [-0.1, -0.05) is 30.3 Å². The first-order chi connectivity index (χ1) is 15.1. The summed E-state index contributed by atoms with van der Waals surface area (Å²) in [6.45, 7) is 3.15. The van der Waals surface area contributed by atoms with Crippen LogP contribution in [-0.2, 0) is 16.1 Å². The molecule has 2 aliphatic rings. The van der Waals surface area contributed by atoms with Crippen LogP contribution in [0.25, 0.3) is 0 Å². The Morgan fingerprint density at radius 1 is 1.10 bits per heavy atom. The van der Waals surface area contributed by atoms with Crippen molar-refractivity contribution in [1.82, 2.24) is 16.0 Å². The number of fused-ring (bicyclic) bond motifs is 1. The number of benzene rings is 2. The van der Waals surface area contributed by atoms with E-state index in [-0.39, 0.29) is 17.7 Å². The fourth-order valence-electron chi connectivity index (χ4n) is 3.99. The molecule has 2 aromatic carbocycles. The van der Waals surface area contributed by atoms with Gasteiger partial charge in [-0.3, -0.25) is 14.6 Å². The van der Waals surface area contributed by atoms with E-state index >= 15 is 0 Å². The smallest absolute Gasteiger partial charge is 0.239 e. The second-order valence-corrected chi connectivity index (χ2v) is 7.78. The molecule has 0 bridgehead atoms. The molecule has 0 radical (unpaired) electrons. The van der Waals surface area contributed by atoms with Crippen LogP contribution >= 0.6 is 0 Å². The number of nitrogens with one attached hydrogen (secondary N) is 4. The minimum atomic E-state index is 0.0414. The Morgan fingerprint density at radius 2 is 1.90 bits per heavy atom. The van der Waals surface area contributed by atoms with Crippen molar-refractivity contribution in [3.05, 3.63) is 59.7 Å². The average Bonchev–Trinajstić information content (AvgIpc) is 2.79. The molecule has 4 rings (SSSR count). The number of hydrogen-bond donors (Lipinski definition) is 4. The molecule has 1 atom stereocenters. The Kier molecular flexibility index (Phi) is 6.35. The number of aliphatic imine (C=N–C) groups is 1. The molecule has 2 heterocycles. The first kappa shape index (κ1) is 20.7. The van der Waals surface area contributed by atoms with E-state index in [0.29, 0.717) is 38.6 Å². The number of carbonyl (C=O) groups is 2. The molecule has 31 heavy (non-hydrogen) atoms. The van der Waals surface area contributed by atoms with Crippen LogP contribution in [0.1, 0.15) is 23.5 Å². The summed E-state index contributed by atoms with van der Waals surface area (Å²) in [6.07, 6.45) is 0.455. The topological polar surface area (TPSA) is 97.9 Å². The maximum Gasteiger partial charge on any atom is 0.239 e. The normalized spacial score (nSPS) is 18.7. The highest BCUT2D eigenvalue weighted by Gasteiger charge is 2.24. The number of hydrogen-bond acceptors (Lipinski definition) is 4. The van der Waals surface area contributed by atoms with Crippen LogP contribution in [0.2, 0.25) is 0 Å². The fraction of sp³-hybridized carbons (Fsp3) is 0.348. The highest BCUT2D eigenvalue weighted by molar-refractivity contribution is 5.94. The predicted octanol–water partition coefficient (Wildman–Crippen LogP) is 1.41. The molecule has 2 aromatic rings. The minimum Gasteiger partial charge on any atom is -0.360 e. The van der Waals surface area contributed by atoms with Crippen LogP contribution in [0, 0.1) is 0 Å². The fourth-order valence-corrected chi connectivity index (χ4v) is 3.99. The van der Waals surface area contributed by atoms with Crippen molar-refractivity contribution < 1.29 is 9.59 Å². The maximum atomic E-state index is 12.0. The van der Waals surface area contributed by atoms with Gasteiger partial charge < -0.3 is 26.2 Å². The largest absolute Gasteiger partial charge is 0.360 e. The Bertz CT molecular complexity index is 972. The van der Waals surface area contributed by atoms with E-state index < -0.39 is 0 Å². The summed E-state index contributed by atoms with van der Waals surface area (Å²) in [5, 5.41) is 12.4. The summed E-state index contributed by atoms with van der Waals surface area (Å²) in [5.41, 5.74) is 4.21. The molecule has 2 amide bonds. The van der Waals surface area contributed by atoms with Crippen molar-refractivity contribution in [3.8, 4) is 0 Å². The third-order valence-corrected chi connectivity index (χ3v) is 5.65. The van der Waals surface area contributed by atoms with Gasteiger partial charge in [0.15, 0.2) is 5.96 Å². The number of piperazine rings is 1. The maximum absolute atomic E-state index is 12.0. The summed E-state index contributed by atoms with van der Waals surface area (Å²) in [6, 6.07) is 16.1. The lowest BCUT2D eigenvalue weighted by atomic mass is 9.90. The van der Waals surface area contributed by atoms with E-state index in [4.69, 9.17) is 0 Å². The van der Waals surface area contributed by atoms with Gasteiger partial charge in [-0.15, -0.1) is 0 Å². The molecule has 0 saturated carbocycles. The van der Waals surface area contributed by atoms with Crippen LogP contribution in [-0.4, -0.2) is 51.0 Å². The summed E-state index contributed by atoms with van der Waals surface area (Å²) in [5.74, 6) is 0.898. The van der Waals surface area contributed by atoms with Gasteiger partial charge in [0, 0.05) is 56.9 Å². The third-order valence-electron chi connectivity index (χ3n) is 5.65. The third kappa shape index (κ3) is 5.14. The second kappa shape index (κ2) is 9.51. The highest BCUT2D eigenvalue weighted by Crippen LogP contribution is 2.31. The first-order valence-electron chi connectivity index (χ1n) is 10.6. The zero-order valence-electron chi connectivity index (χ0n) is 17.6. The quantitative estimate of drug-likeness (QED) is 0.433. The Hall–Kier alpha value is -3.55. The van der Waals surface area contributed by atoms with E-state index in [1.165, 1.54) is 0 Å². The van der Waals surface area contributed by atoms with Crippen molar-refractivity contribution in [2.75, 3.05) is 43.4 Å². The lowest BCUT2D eigenvalue weighted by Gasteiger charge is -2.28. The SMILES string of the molecule is CN=C(NCc1ccc(N2CCNC(=O)C2)cc1)NCC1CC(=O)Nc2ccccc21. The predicted molar refractivity (Wildman–Crippen MR) is 122 cm³/mol. The summed E-state index contributed by atoms with van der Waals surface area (Å²) in [4.78, 5) is 30.0. The van der Waals surface area contributed by atoms with E-state index in [1.54, 1.807) is 7.05 Å². The number of para-hydroxylation sites is 1. The van der Waals surface area contributed by atoms with Crippen LogP contribution < -0.4 is 26.2 Å². The first-order valence-corrected chi connectivity index (χ1v) is 10.6. The van der Waals surface area contributed by atoms with Gasteiger partial charge in [0.1, 0.15) is 0 Å². The zero-order chi connectivity index (χ0) is 21.6. The summed E-state index contributed by atoms with van der Waals surface area (Å²) >= 11 is 0. The van der Waals surface area contributed by atoms with Crippen LogP contribution in [0.15, 0.2) is 53.5 Å². The molecule has 0 aromatic heterocycles. The Morgan fingerprint density at radius 3 is 2.68 bits per heavy atom. The van der Waals surface area contributed by atoms with Gasteiger partial charge in [-0.05, 0) is 29.3 Å². The number of amides is 2. The lowest BCUT2D eigenvalue weighted by Crippen LogP contribution is -2.47. The number of anilines is 2. The van der Waals surface area contributed by atoms with Crippen molar-refractivity contribution in [1.29, 1.82) is 0 Å². The zero-order valence-corrected chi connectivity index (χ0v) is 17.6. The molecule has 8 heteroatoms. The van der Waals surface area contributed by atoms with Crippen LogP contribution in [0.3, 0.4) is 0 Å². The summed E-state index contributed by atoms with van der Waals surface area (Å²) in [7, 11) is 1.74. The number of nitrogens with zero attached hydrogens (tertiary/aromatic N) is 2. The van der Waals surface area contributed by atoms with E-state index in [1.807, 2.05) is 30.3 Å². The molecule has 1 unspecified atom stereocenters. The van der Waals surface area contributed by atoms with Gasteiger partial charge in [-0.2, -0.15) is 0 Å². The lowest BCUT2D eigenvalue weighted by molar-refractivity contribution is -0.120. The monoisotopic (exact) mass is 420 g/mol. The Labute approximate surface area is 182 Å². The van der Waals surface area contributed by atoms with E-state index in [0.717, 1.165) is 29.0 Å². The number of carbonyl (C=O) groups excluding carboxylic acids is 2. The van der Waals surface area contributed by atoms with Crippen LogP contribution in [0.5, 0.6) is 0 Å². The number of rotatable bonds is 5. The second-order valence-electron chi connectivity index (χ2n) is 7.78. The standard InChI is InChI=1S/C23H28N6O2/c1-24-23(27-14-17-12-21(30)28-20-5-3-2-4-19(17)20)26-13-16-6-8-18(9-7-16)29-11-10-25-22(31)15-29/h2-9,17H,10-15H2,1H3,(H,25,31)(H,28,30)(H2,24,26,27). The van der Waals surface area contributed by atoms with E-state index in [9.17, 15) is 9.59 Å². The molecule has 1 fully saturated rings. The van der Waals surface area contributed by atoms with Gasteiger partial charge >= 0.3 is 0 Å². The minimum absolute atomic E-state index is 0.0414. The molecule has 1 saturated heterocycles. The molecule has 2 aliphatic heterocycles. The van der Waals surface area contributed by atoms with Crippen molar-refractivity contribution >= 4 is 29.1 Å². The van der Waals surface area contributed by atoms with Gasteiger partial charge in [0.05, 0.1) is 6.54 Å². The molecule has 162 valence electrons. The van der Waals surface area contributed by atoms with Crippen molar-refractivity contribution in [3.63, 3.8) is 0 Å². The average molecular weight is 421 g/mol. The Balaban J connectivity index is 1.30. The van der Waals surface area contributed by atoms with Crippen molar-refractivity contribution in [2.45, 2.75) is 18.9 Å². The van der Waals surface area contributed by atoms with Gasteiger partial charge in [0.25, 0.3) is 0 Å². The van der Waals surface area contributed by atoms with Gasteiger partial charge in [0.2, 0.25) is 11.8 Å². The highest BCUT2D eigenvalue weighted by atomic mass is 16.2. The molecular weight excluding hydrogens is 392 g/mol. The summed E-state index contributed by atoms with van der Waals surface area (Å²) < 4.78 is 0. The number of guanidine groups is 1. The van der Waals surface area contributed by atoms with E-state index in [2.05, 4.69) is 49.4 Å².